The van der Waals surface area contributed by atoms with Crippen molar-refractivity contribution in [3.05, 3.63) is 40.3 Å². The molecule has 3 aliphatic heterocycles. The lowest BCUT2D eigenvalue weighted by molar-refractivity contribution is -0.140. The second-order valence-corrected chi connectivity index (χ2v) is 11.7. The lowest BCUT2D eigenvalue weighted by Gasteiger charge is -2.51. The zero-order valence-electron chi connectivity index (χ0n) is 24.7. The molecule has 2 fully saturated rings. The van der Waals surface area contributed by atoms with E-state index < -0.39 is 0 Å². The smallest absolute Gasteiger partial charge is 0.259 e. The first-order chi connectivity index (χ1) is 19.8. The SMILES string of the molecule is COc1cc2cc(c1OC)CCCNC(=O)CCC[C@H]1[C@H]3C[C@@H](CN(C(=O)c4c(C)noc4C)C3)CN1C(=O)CC2. The first-order valence-electron chi connectivity index (χ1n) is 14.8. The Bertz CT molecular complexity index is 1270. The monoisotopic (exact) mass is 566 g/mol. The number of benzene rings is 1. The molecule has 1 aromatic heterocycles. The van der Waals surface area contributed by atoms with Gasteiger partial charge in [0.25, 0.3) is 5.91 Å². The molecule has 5 rings (SSSR count). The van der Waals surface area contributed by atoms with Crippen LogP contribution in [-0.4, -0.2) is 79.1 Å². The summed E-state index contributed by atoms with van der Waals surface area (Å²) in [5, 5.41) is 7.03. The Morgan fingerprint density at radius 1 is 1.02 bits per heavy atom. The summed E-state index contributed by atoms with van der Waals surface area (Å²) in [6.45, 7) is 5.96. The van der Waals surface area contributed by atoms with Gasteiger partial charge in [0.1, 0.15) is 11.3 Å². The van der Waals surface area contributed by atoms with Crippen molar-refractivity contribution >= 4 is 17.7 Å². The van der Waals surface area contributed by atoms with Gasteiger partial charge < -0.3 is 29.1 Å². The third kappa shape index (κ3) is 6.21. The number of carbonyl (C=O) groups excluding carboxylic acids is 3. The topological polar surface area (TPSA) is 114 Å². The molecule has 0 radical (unpaired) electrons. The molecule has 3 amide bonds. The molecule has 10 nitrogen and oxygen atoms in total. The van der Waals surface area contributed by atoms with Crippen molar-refractivity contribution in [3.8, 4) is 11.5 Å². The molecule has 4 bridgehead atoms. The molecular formula is C31H42N4O6. The number of piperidine rings is 2. The third-order valence-corrected chi connectivity index (χ3v) is 8.92. The van der Waals surface area contributed by atoms with Crippen LogP contribution >= 0.6 is 0 Å². The number of carbonyl (C=O) groups is 3. The van der Waals surface area contributed by atoms with E-state index in [9.17, 15) is 14.4 Å². The van der Waals surface area contributed by atoms with Crippen LogP contribution in [0.4, 0.5) is 0 Å². The average molecular weight is 567 g/mol. The normalized spacial score (nSPS) is 24.0. The van der Waals surface area contributed by atoms with E-state index in [1.807, 2.05) is 11.0 Å². The van der Waals surface area contributed by atoms with Gasteiger partial charge in [-0.1, -0.05) is 11.2 Å². The van der Waals surface area contributed by atoms with E-state index in [2.05, 4.69) is 21.4 Å². The second-order valence-electron chi connectivity index (χ2n) is 11.7. The average Bonchev–Trinajstić information content (AvgIpc) is 3.30. The van der Waals surface area contributed by atoms with Crippen molar-refractivity contribution in [2.45, 2.75) is 71.3 Å². The highest BCUT2D eigenvalue weighted by Crippen LogP contribution is 2.38. The van der Waals surface area contributed by atoms with E-state index >= 15 is 0 Å². The van der Waals surface area contributed by atoms with E-state index in [1.54, 1.807) is 28.1 Å². The zero-order chi connectivity index (χ0) is 29.1. The zero-order valence-corrected chi connectivity index (χ0v) is 24.7. The van der Waals surface area contributed by atoms with Gasteiger partial charge in [-0.2, -0.15) is 0 Å². The second kappa shape index (κ2) is 12.5. The third-order valence-electron chi connectivity index (χ3n) is 8.92. The molecule has 0 aliphatic carbocycles. The van der Waals surface area contributed by atoms with Crippen LogP contribution in [0.25, 0.3) is 0 Å². The van der Waals surface area contributed by atoms with Crippen LogP contribution < -0.4 is 14.8 Å². The molecule has 2 saturated heterocycles. The molecular weight excluding hydrogens is 524 g/mol. The number of hydrogen-bond acceptors (Lipinski definition) is 7. The number of hydrogen-bond donors (Lipinski definition) is 1. The quantitative estimate of drug-likeness (QED) is 0.605. The molecule has 10 heteroatoms. The Morgan fingerprint density at radius 2 is 1.85 bits per heavy atom. The fraction of sp³-hybridized carbons (Fsp3) is 0.613. The van der Waals surface area contributed by atoms with Crippen LogP contribution in [0.5, 0.6) is 11.5 Å². The van der Waals surface area contributed by atoms with Gasteiger partial charge >= 0.3 is 0 Å². The summed E-state index contributed by atoms with van der Waals surface area (Å²) >= 11 is 0. The Balaban J connectivity index is 1.38. The van der Waals surface area contributed by atoms with Gasteiger partial charge in [-0.25, -0.2) is 0 Å². The van der Waals surface area contributed by atoms with Gasteiger partial charge in [0.2, 0.25) is 11.8 Å². The number of methoxy groups -OCH3 is 2. The highest BCUT2D eigenvalue weighted by atomic mass is 16.5. The first kappa shape index (κ1) is 29.0. The maximum absolute atomic E-state index is 13.8. The number of fused-ring (bicyclic) bond motifs is 6. The fourth-order valence-corrected chi connectivity index (χ4v) is 7.01. The van der Waals surface area contributed by atoms with Crippen LogP contribution in [-0.2, 0) is 22.4 Å². The number of rotatable bonds is 3. The van der Waals surface area contributed by atoms with Crippen molar-refractivity contribution in [3.63, 3.8) is 0 Å². The van der Waals surface area contributed by atoms with E-state index in [-0.39, 0.29) is 35.6 Å². The predicted molar refractivity (Wildman–Crippen MR) is 152 cm³/mol. The first-order valence-corrected chi connectivity index (χ1v) is 14.8. The molecule has 0 saturated carbocycles. The largest absolute Gasteiger partial charge is 0.493 e. The van der Waals surface area contributed by atoms with Crippen molar-refractivity contribution < 1.29 is 28.4 Å². The summed E-state index contributed by atoms with van der Waals surface area (Å²) in [7, 11) is 3.26. The molecule has 2 aromatic rings. The lowest BCUT2D eigenvalue weighted by atomic mass is 9.77. The molecule has 1 aromatic carbocycles. The van der Waals surface area contributed by atoms with E-state index in [4.69, 9.17) is 14.0 Å². The summed E-state index contributed by atoms with van der Waals surface area (Å²) in [5.41, 5.74) is 3.20. The fourth-order valence-electron chi connectivity index (χ4n) is 7.01. The standard InChI is InChI=1S/C31H42N4O6/c1-19-29(20(2)41-33-19)31(38)34-16-22-14-24(18-34)25-8-5-9-27(36)32-12-6-7-23-13-21(10-11-28(37)35(25)17-22)15-26(39-3)30(23)40-4/h13,15,22,24-25H,5-12,14,16-18H2,1-4H3,(H,32,36)/t22-,24-,25-/m0/s1. The molecule has 1 N–H and O–H groups in total. The highest BCUT2D eigenvalue weighted by molar-refractivity contribution is 5.96. The van der Waals surface area contributed by atoms with Crippen LogP contribution in [0.1, 0.15) is 71.5 Å². The summed E-state index contributed by atoms with van der Waals surface area (Å²) in [4.78, 5) is 43.9. The molecule has 0 unspecified atom stereocenters. The van der Waals surface area contributed by atoms with Crippen molar-refractivity contribution in [1.82, 2.24) is 20.3 Å². The van der Waals surface area contributed by atoms with Gasteiger partial charge in [0.15, 0.2) is 11.5 Å². The number of likely N-dealkylation sites (tertiary alicyclic amines) is 1. The molecule has 0 spiro atoms. The maximum Gasteiger partial charge on any atom is 0.259 e. The number of aryl methyl sites for hydroxylation is 4. The van der Waals surface area contributed by atoms with Gasteiger partial charge in [-0.3, -0.25) is 14.4 Å². The van der Waals surface area contributed by atoms with Crippen LogP contribution in [0.2, 0.25) is 0 Å². The van der Waals surface area contributed by atoms with Crippen LogP contribution in [0.3, 0.4) is 0 Å². The maximum atomic E-state index is 13.8. The molecule has 41 heavy (non-hydrogen) atoms. The lowest BCUT2D eigenvalue weighted by Crippen LogP contribution is -2.60. The van der Waals surface area contributed by atoms with Crippen LogP contribution in [0.15, 0.2) is 16.7 Å². The Hall–Kier alpha value is -3.56. The number of ether oxygens (including phenoxy) is 2. The summed E-state index contributed by atoms with van der Waals surface area (Å²) < 4.78 is 16.5. The minimum Gasteiger partial charge on any atom is -0.493 e. The Morgan fingerprint density at radius 3 is 2.59 bits per heavy atom. The number of nitrogens with zero attached hydrogens (tertiary/aromatic N) is 3. The van der Waals surface area contributed by atoms with E-state index in [0.29, 0.717) is 80.4 Å². The molecule has 3 aliphatic rings. The van der Waals surface area contributed by atoms with Crippen molar-refractivity contribution in [2.24, 2.45) is 11.8 Å². The molecule has 4 heterocycles. The minimum atomic E-state index is -0.0485. The van der Waals surface area contributed by atoms with Gasteiger partial charge in [0.05, 0.1) is 19.9 Å². The number of nitrogens with one attached hydrogen (secondary N) is 1. The molecule has 222 valence electrons. The van der Waals surface area contributed by atoms with Gasteiger partial charge in [-0.05, 0) is 81.4 Å². The van der Waals surface area contributed by atoms with Crippen molar-refractivity contribution in [1.29, 1.82) is 0 Å². The summed E-state index contributed by atoms with van der Waals surface area (Å²) in [6, 6.07) is 4.05. The number of aromatic nitrogens is 1. The van der Waals surface area contributed by atoms with Crippen LogP contribution in [0, 0.1) is 25.7 Å². The highest BCUT2D eigenvalue weighted by Gasteiger charge is 2.44. The van der Waals surface area contributed by atoms with Gasteiger partial charge in [0, 0.05) is 45.1 Å². The van der Waals surface area contributed by atoms with E-state index in [1.165, 1.54) is 0 Å². The van der Waals surface area contributed by atoms with Gasteiger partial charge in [-0.15, -0.1) is 0 Å². The summed E-state index contributed by atoms with van der Waals surface area (Å²) in [6.07, 6.45) is 5.36. The molecule has 3 atom stereocenters. The number of amides is 3. The Labute approximate surface area is 241 Å². The predicted octanol–water partition coefficient (Wildman–Crippen LogP) is 3.46. The summed E-state index contributed by atoms with van der Waals surface area (Å²) in [5.74, 6) is 2.37. The Kier molecular flexibility index (Phi) is 8.85. The minimum absolute atomic E-state index is 0.0133. The van der Waals surface area contributed by atoms with Crippen molar-refractivity contribution in [2.75, 3.05) is 40.4 Å². The van der Waals surface area contributed by atoms with E-state index in [0.717, 1.165) is 36.8 Å².